The van der Waals surface area contributed by atoms with Gasteiger partial charge >= 0.3 is 0 Å². The summed E-state index contributed by atoms with van der Waals surface area (Å²) in [7, 11) is 1.45. The third kappa shape index (κ3) is 5.39. The maximum Gasteiger partial charge on any atom is 0.256 e. The highest BCUT2D eigenvalue weighted by atomic mass is 19.1. The Hall–Kier alpha value is -3.62. The van der Waals surface area contributed by atoms with Crippen LogP contribution in [0.4, 0.5) is 4.39 Å². The van der Waals surface area contributed by atoms with Crippen molar-refractivity contribution < 1.29 is 28.2 Å². The smallest absolute Gasteiger partial charge is 0.256 e. The molecule has 0 atom stereocenters. The van der Waals surface area contributed by atoms with Gasteiger partial charge in [0.1, 0.15) is 12.4 Å². The molecule has 2 N–H and O–H groups in total. The van der Waals surface area contributed by atoms with E-state index in [4.69, 9.17) is 15.2 Å². The second kappa shape index (κ2) is 10.8. The summed E-state index contributed by atoms with van der Waals surface area (Å²) in [4.78, 5) is 40.9. The highest BCUT2D eigenvalue weighted by molar-refractivity contribution is 5.96. The summed E-state index contributed by atoms with van der Waals surface area (Å²) in [5.41, 5.74) is 6.09. The van der Waals surface area contributed by atoms with Gasteiger partial charge in [0.2, 0.25) is 5.91 Å². The number of methoxy groups -OCH3 is 1. The zero-order chi connectivity index (χ0) is 24.9. The maximum atomic E-state index is 14.6. The summed E-state index contributed by atoms with van der Waals surface area (Å²) in [6.07, 6.45) is 4.06. The molecule has 3 amide bonds. The standard InChI is InChI=1S/C26H30FN3O5/c1-34-22-8-4-7-19(24(28)31)23(22)35-16-17-9-10-21(27)20(15-17)26(33)30-13-11-29(12-14-30)25(32)18-5-2-3-6-18/h4,7-10,15,18H,2-3,5-6,11-14,16H2,1H3,(H2,28,31). The largest absolute Gasteiger partial charge is 0.493 e. The fraction of sp³-hybridized carbons (Fsp3) is 0.423. The van der Waals surface area contributed by atoms with E-state index in [1.54, 1.807) is 17.0 Å². The third-order valence-electron chi connectivity index (χ3n) is 6.69. The van der Waals surface area contributed by atoms with Crippen molar-refractivity contribution in [3.63, 3.8) is 0 Å². The summed E-state index contributed by atoms with van der Waals surface area (Å²) < 4.78 is 25.7. The van der Waals surface area contributed by atoms with Gasteiger partial charge in [0.15, 0.2) is 11.5 Å². The number of primary amides is 1. The molecule has 0 unspecified atom stereocenters. The quantitative estimate of drug-likeness (QED) is 0.652. The van der Waals surface area contributed by atoms with Crippen LogP contribution in [0.2, 0.25) is 0 Å². The zero-order valence-corrected chi connectivity index (χ0v) is 19.8. The van der Waals surface area contributed by atoms with Gasteiger partial charge in [0.25, 0.3) is 11.8 Å². The molecule has 1 aliphatic heterocycles. The first-order valence-corrected chi connectivity index (χ1v) is 11.8. The van der Waals surface area contributed by atoms with E-state index in [9.17, 15) is 18.8 Å². The zero-order valence-electron chi connectivity index (χ0n) is 19.8. The Morgan fingerprint density at radius 1 is 1.00 bits per heavy atom. The Kier molecular flexibility index (Phi) is 7.53. The number of nitrogens with zero attached hydrogens (tertiary/aromatic N) is 2. The van der Waals surface area contributed by atoms with Crippen LogP contribution in [-0.4, -0.2) is 60.8 Å². The van der Waals surface area contributed by atoms with Crippen LogP contribution in [0, 0.1) is 11.7 Å². The van der Waals surface area contributed by atoms with Gasteiger partial charge in [-0.1, -0.05) is 25.0 Å². The van der Waals surface area contributed by atoms with Crippen LogP contribution in [0.5, 0.6) is 11.5 Å². The highest BCUT2D eigenvalue weighted by Crippen LogP contribution is 2.32. The van der Waals surface area contributed by atoms with Crippen LogP contribution in [0.25, 0.3) is 0 Å². The van der Waals surface area contributed by atoms with Crippen molar-refractivity contribution in [3.05, 3.63) is 58.9 Å². The molecule has 2 aromatic rings. The number of hydrogen-bond acceptors (Lipinski definition) is 5. The molecular weight excluding hydrogens is 453 g/mol. The van der Waals surface area contributed by atoms with Gasteiger partial charge in [-0.2, -0.15) is 0 Å². The van der Waals surface area contributed by atoms with E-state index >= 15 is 0 Å². The molecule has 2 aromatic carbocycles. The first-order valence-electron chi connectivity index (χ1n) is 11.8. The number of benzene rings is 2. The SMILES string of the molecule is COc1cccc(C(N)=O)c1OCc1ccc(F)c(C(=O)N2CCN(C(=O)C3CCCC3)CC2)c1. The number of carbonyl (C=O) groups is 3. The lowest BCUT2D eigenvalue weighted by molar-refractivity contribution is -0.136. The molecule has 0 radical (unpaired) electrons. The number of amides is 3. The molecule has 35 heavy (non-hydrogen) atoms. The van der Waals surface area contributed by atoms with Crippen LogP contribution in [-0.2, 0) is 11.4 Å². The number of hydrogen-bond donors (Lipinski definition) is 1. The Morgan fingerprint density at radius 3 is 2.34 bits per heavy atom. The Balaban J connectivity index is 1.42. The van der Waals surface area contributed by atoms with Gasteiger partial charge in [0.05, 0.1) is 18.2 Å². The van der Waals surface area contributed by atoms with Crippen LogP contribution in [0.1, 0.15) is 52.0 Å². The second-order valence-corrected chi connectivity index (χ2v) is 8.90. The van der Waals surface area contributed by atoms with Crippen molar-refractivity contribution in [2.24, 2.45) is 11.7 Å². The monoisotopic (exact) mass is 483 g/mol. The number of nitrogens with two attached hydrogens (primary N) is 1. The van der Waals surface area contributed by atoms with Crippen molar-refractivity contribution in [1.82, 2.24) is 9.80 Å². The second-order valence-electron chi connectivity index (χ2n) is 8.90. The summed E-state index contributed by atoms with van der Waals surface area (Å²) in [6.45, 7) is 1.61. The van der Waals surface area contributed by atoms with E-state index in [1.165, 1.54) is 31.4 Å². The van der Waals surface area contributed by atoms with E-state index in [1.807, 2.05) is 4.90 Å². The lowest BCUT2D eigenvalue weighted by atomic mass is 10.1. The van der Waals surface area contributed by atoms with Crippen molar-refractivity contribution in [2.45, 2.75) is 32.3 Å². The van der Waals surface area contributed by atoms with Gasteiger partial charge in [0, 0.05) is 32.1 Å². The maximum absolute atomic E-state index is 14.6. The highest BCUT2D eigenvalue weighted by Gasteiger charge is 2.31. The van der Waals surface area contributed by atoms with Gasteiger partial charge in [-0.15, -0.1) is 0 Å². The Labute approximate surface area is 203 Å². The summed E-state index contributed by atoms with van der Waals surface area (Å²) in [5.74, 6) is -0.922. The predicted octanol–water partition coefficient (Wildman–Crippen LogP) is 2.99. The molecular formula is C26H30FN3O5. The Morgan fingerprint density at radius 2 is 1.69 bits per heavy atom. The summed E-state index contributed by atoms with van der Waals surface area (Å²) in [5, 5.41) is 0. The lowest BCUT2D eigenvalue weighted by Gasteiger charge is -2.36. The number of ether oxygens (including phenoxy) is 2. The van der Waals surface area contributed by atoms with E-state index < -0.39 is 17.6 Å². The van der Waals surface area contributed by atoms with Crippen molar-refractivity contribution >= 4 is 17.7 Å². The van der Waals surface area contributed by atoms with Gasteiger partial charge in [-0.3, -0.25) is 14.4 Å². The lowest BCUT2D eigenvalue weighted by Crippen LogP contribution is -2.51. The predicted molar refractivity (Wildman–Crippen MR) is 127 cm³/mol. The fourth-order valence-corrected chi connectivity index (χ4v) is 4.73. The van der Waals surface area contributed by atoms with E-state index in [2.05, 4.69) is 0 Å². The minimum Gasteiger partial charge on any atom is -0.493 e. The van der Waals surface area contributed by atoms with E-state index in [0.29, 0.717) is 37.5 Å². The van der Waals surface area contributed by atoms with Crippen LogP contribution >= 0.6 is 0 Å². The van der Waals surface area contributed by atoms with E-state index in [-0.39, 0.29) is 35.3 Å². The number of halogens is 1. The summed E-state index contributed by atoms with van der Waals surface area (Å²) in [6, 6.07) is 8.98. The molecule has 8 nitrogen and oxygen atoms in total. The molecule has 2 fully saturated rings. The average Bonchev–Trinajstić information content (AvgIpc) is 3.42. The van der Waals surface area contributed by atoms with Crippen LogP contribution in [0.15, 0.2) is 36.4 Å². The molecule has 1 saturated carbocycles. The van der Waals surface area contributed by atoms with Crippen LogP contribution in [0.3, 0.4) is 0 Å². The van der Waals surface area contributed by atoms with Gasteiger partial charge in [-0.25, -0.2) is 4.39 Å². The molecule has 0 aromatic heterocycles. The van der Waals surface area contributed by atoms with Crippen LogP contribution < -0.4 is 15.2 Å². The molecule has 1 saturated heterocycles. The molecule has 0 bridgehead atoms. The minimum atomic E-state index is -0.667. The topological polar surface area (TPSA) is 102 Å². The van der Waals surface area contributed by atoms with Gasteiger partial charge in [-0.05, 0) is 42.7 Å². The number of carbonyl (C=O) groups excluding carboxylic acids is 3. The third-order valence-corrected chi connectivity index (χ3v) is 6.69. The first-order chi connectivity index (χ1) is 16.9. The number of rotatable bonds is 7. The summed E-state index contributed by atoms with van der Waals surface area (Å²) >= 11 is 0. The van der Waals surface area contributed by atoms with Crippen molar-refractivity contribution in [1.29, 1.82) is 0 Å². The molecule has 1 heterocycles. The molecule has 1 aliphatic carbocycles. The molecule has 186 valence electrons. The molecule has 9 heteroatoms. The first kappa shape index (κ1) is 24.5. The van der Waals surface area contributed by atoms with Crippen molar-refractivity contribution in [3.8, 4) is 11.5 Å². The number of para-hydroxylation sites is 1. The fourth-order valence-electron chi connectivity index (χ4n) is 4.73. The molecule has 4 rings (SSSR count). The number of piperazine rings is 1. The van der Waals surface area contributed by atoms with E-state index in [0.717, 1.165) is 25.7 Å². The molecule has 0 spiro atoms. The van der Waals surface area contributed by atoms with Gasteiger partial charge < -0.3 is 25.0 Å². The Bertz CT molecular complexity index is 1110. The average molecular weight is 484 g/mol. The van der Waals surface area contributed by atoms with Crippen molar-refractivity contribution in [2.75, 3.05) is 33.3 Å². The molecule has 2 aliphatic rings. The minimum absolute atomic E-state index is 0.0229. The normalized spacial score (nSPS) is 16.3.